The molecule has 1 aromatic rings. The molecule has 1 aliphatic heterocycles. The van der Waals surface area contributed by atoms with Crippen LogP contribution in [0.1, 0.15) is 5.56 Å². The predicted molar refractivity (Wildman–Crippen MR) is 54.5 cm³/mol. The van der Waals surface area contributed by atoms with E-state index in [1.807, 2.05) is 0 Å². The lowest BCUT2D eigenvalue weighted by atomic mass is 10.2. The molecule has 1 aromatic carbocycles. The zero-order chi connectivity index (χ0) is 11.5. The molecule has 1 N–H and O–H groups in total. The Kier molecular flexibility index (Phi) is 3.12. The Morgan fingerprint density at radius 3 is 2.88 bits per heavy atom. The van der Waals surface area contributed by atoms with Crippen LogP contribution in [0.5, 0.6) is 0 Å². The van der Waals surface area contributed by atoms with Crippen molar-refractivity contribution in [2.24, 2.45) is 0 Å². The molecule has 0 aromatic heterocycles. The SMILES string of the molecule is O=[N+]([O-])c1ccc(F)cc1COC1CNC1. The van der Waals surface area contributed by atoms with Crippen LogP contribution in [-0.2, 0) is 11.3 Å². The van der Waals surface area contributed by atoms with Gasteiger partial charge in [-0.15, -0.1) is 0 Å². The van der Waals surface area contributed by atoms with Crippen molar-refractivity contribution in [3.63, 3.8) is 0 Å². The number of hydrogen-bond acceptors (Lipinski definition) is 4. The summed E-state index contributed by atoms with van der Waals surface area (Å²) in [6.45, 7) is 1.55. The molecule has 1 saturated heterocycles. The summed E-state index contributed by atoms with van der Waals surface area (Å²) in [7, 11) is 0. The number of ether oxygens (including phenoxy) is 1. The molecule has 86 valence electrons. The number of benzene rings is 1. The minimum absolute atomic E-state index is 0.0699. The van der Waals surface area contributed by atoms with E-state index in [9.17, 15) is 14.5 Å². The van der Waals surface area contributed by atoms with Crippen LogP contribution in [0.3, 0.4) is 0 Å². The Bertz CT molecular complexity index is 407. The summed E-state index contributed by atoms with van der Waals surface area (Å²) in [5, 5.41) is 13.7. The molecule has 0 amide bonds. The fraction of sp³-hybridized carbons (Fsp3) is 0.400. The molecule has 1 heterocycles. The van der Waals surface area contributed by atoms with Crippen LogP contribution in [0.25, 0.3) is 0 Å². The van der Waals surface area contributed by atoms with Crippen LogP contribution in [0.15, 0.2) is 18.2 Å². The first-order chi connectivity index (χ1) is 7.66. The highest BCUT2D eigenvalue weighted by Gasteiger charge is 2.20. The van der Waals surface area contributed by atoms with E-state index < -0.39 is 10.7 Å². The van der Waals surface area contributed by atoms with Gasteiger partial charge in [0, 0.05) is 19.2 Å². The van der Waals surface area contributed by atoms with Crippen LogP contribution < -0.4 is 5.32 Å². The lowest BCUT2D eigenvalue weighted by molar-refractivity contribution is -0.386. The number of nitro groups is 1. The minimum atomic E-state index is -0.531. The molecule has 1 aliphatic rings. The van der Waals surface area contributed by atoms with E-state index in [1.54, 1.807) is 0 Å². The summed E-state index contributed by atoms with van der Waals surface area (Å²) in [5.41, 5.74) is 0.172. The zero-order valence-corrected chi connectivity index (χ0v) is 8.48. The molecule has 0 radical (unpaired) electrons. The average molecular weight is 226 g/mol. The summed E-state index contributed by atoms with van der Waals surface area (Å²) in [5.74, 6) is -0.490. The molecule has 0 spiro atoms. The number of rotatable bonds is 4. The van der Waals surface area contributed by atoms with E-state index in [4.69, 9.17) is 4.74 Å². The van der Waals surface area contributed by atoms with Crippen molar-refractivity contribution in [1.29, 1.82) is 0 Å². The van der Waals surface area contributed by atoms with Crippen molar-refractivity contribution < 1.29 is 14.1 Å². The van der Waals surface area contributed by atoms with E-state index in [1.165, 1.54) is 0 Å². The summed E-state index contributed by atoms with van der Waals surface area (Å²) >= 11 is 0. The fourth-order valence-electron chi connectivity index (χ4n) is 1.44. The molecular formula is C10H11FN2O3. The lowest BCUT2D eigenvalue weighted by Crippen LogP contribution is -2.48. The number of nitro benzene ring substituents is 1. The Morgan fingerprint density at radius 1 is 1.56 bits per heavy atom. The van der Waals surface area contributed by atoms with Gasteiger partial charge < -0.3 is 10.1 Å². The third-order valence-corrected chi connectivity index (χ3v) is 2.46. The largest absolute Gasteiger partial charge is 0.371 e. The van der Waals surface area contributed by atoms with Crippen LogP contribution in [0.2, 0.25) is 0 Å². The molecule has 0 atom stereocenters. The first-order valence-corrected chi connectivity index (χ1v) is 4.92. The predicted octanol–water partition coefficient (Wildman–Crippen LogP) is 1.22. The maximum Gasteiger partial charge on any atom is 0.275 e. The second kappa shape index (κ2) is 4.54. The number of nitrogens with zero attached hydrogens (tertiary/aromatic N) is 1. The third kappa shape index (κ3) is 2.34. The van der Waals surface area contributed by atoms with Crippen LogP contribution in [0, 0.1) is 15.9 Å². The quantitative estimate of drug-likeness (QED) is 0.619. The molecular weight excluding hydrogens is 215 g/mol. The topological polar surface area (TPSA) is 64.4 Å². The second-order valence-corrected chi connectivity index (χ2v) is 3.62. The van der Waals surface area contributed by atoms with Gasteiger partial charge in [-0.1, -0.05) is 0 Å². The van der Waals surface area contributed by atoms with E-state index in [0.717, 1.165) is 31.3 Å². The van der Waals surface area contributed by atoms with Crippen LogP contribution in [-0.4, -0.2) is 24.1 Å². The van der Waals surface area contributed by atoms with Crippen molar-refractivity contribution >= 4 is 5.69 Å². The van der Waals surface area contributed by atoms with Gasteiger partial charge in [-0.05, 0) is 12.1 Å². The van der Waals surface area contributed by atoms with Gasteiger partial charge in [-0.3, -0.25) is 10.1 Å². The van der Waals surface area contributed by atoms with Gasteiger partial charge in [0.1, 0.15) is 5.82 Å². The highest BCUT2D eigenvalue weighted by atomic mass is 19.1. The molecule has 6 heteroatoms. The number of hydrogen-bond donors (Lipinski definition) is 1. The maximum atomic E-state index is 12.9. The monoisotopic (exact) mass is 226 g/mol. The molecule has 0 unspecified atom stereocenters. The van der Waals surface area contributed by atoms with Crippen molar-refractivity contribution in [3.8, 4) is 0 Å². The van der Waals surface area contributed by atoms with E-state index in [0.29, 0.717) is 0 Å². The highest BCUT2D eigenvalue weighted by Crippen LogP contribution is 2.21. The molecule has 16 heavy (non-hydrogen) atoms. The summed E-state index contributed by atoms with van der Waals surface area (Å²) in [6, 6.07) is 3.38. The summed E-state index contributed by atoms with van der Waals surface area (Å²) < 4.78 is 18.3. The van der Waals surface area contributed by atoms with Gasteiger partial charge in [0.05, 0.1) is 23.2 Å². The van der Waals surface area contributed by atoms with E-state index >= 15 is 0 Å². The lowest BCUT2D eigenvalue weighted by Gasteiger charge is -2.26. The molecule has 2 rings (SSSR count). The molecule has 1 fully saturated rings. The van der Waals surface area contributed by atoms with Gasteiger partial charge >= 0.3 is 0 Å². The van der Waals surface area contributed by atoms with Crippen molar-refractivity contribution in [3.05, 3.63) is 39.7 Å². The Hall–Kier alpha value is -1.53. The Balaban J connectivity index is 2.09. The van der Waals surface area contributed by atoms with E-state index in [2.05, 4.69) is 5.32 Å². The number of nitrogens with one attached hydrogen (secondary N) is 1. The Labute approximate surface area is 91.4 Å². The summed E-state index contributed by atoms with van der Waals surface area (Å²) in [4.78, 5) is 10.1. The smallest absolute Gasteiger partial charge is 0.275 e. The first-order valence-electron chi connectivity index (χ1n) is 4.92. The maximum absolute atomic E-state index is 12.9. The van der Waals surface area contributed by atoms with Crippen LogP contribution >= 0.6 is 0 Å². The summed E-state index contributed by atoms with van der Waals surface area (Å²) in [6.07, 6.45) is 0.0721. The number of halogens is 1. The van der Waals surface area contributed by atoms with Crippen molar-refractivity contribution in [2.45, 2.75) is 12.7 Å². The second-order valence-electron chi connectivity index (χ2n) is 3.62. The normalized spacial score (nSPS) is 15.8. The van der Waals surface area contributed by atoms with Gasteiger partial charge in [0.25, 0.3) is 5.69 Å². The van der Waals surface area contributed by atoms with Gasteiger partial charge in [-0.25, -0.2) is 4.39 Å². The van der Waals surface area contributed by atoms with Gasteiger partial charge in [-0.2, -0.15) is 0 Å². The Morgan fingerprint density at radius 2 is 2.31 bits per heavy atom. The molecule has 5 nitrogen and oxygen atoms in total. The van der Waals surface area contributed by atoms with Gasteiger partial charge in [0.15, 0.2) is 0 Å². The van der Waals surface area contributed by atoms with Gasteiger partial charge in [0.2, 0.25) is 0 Å². The minimum Gasteiger partial charge on any atom is -0.371 e. The fourth-order valence-corrected chi connectivity index (χ4v) is 1.44. The van der Waals surface area contributed by atoms with E-state index in [-0.39, 0.29) is 24.0 Å². The van der Waals surface area contributed by atoms with Crippen molar-refractivity contribution in [2.75, 3.05) is 13.1 Å². The average Bonchev–Trinajstić information content (AvgIpc) is 2.14. The van der Waals surface area contributed by atoms with Crippen LogP contribution in [0.4, 0.5) is 10.1 Å². The standard InChI is InChI=1S/C10H11FN2O3/c11-8-1-2-10(13(14)15)7(3-8)6-16-9-4-12-5-9/h1-3,9,12H,4-6H2. The van der Waals surface area contributed by atoms with Crippen molar-refractivity contribution in [1.82, 2.24) is 5.32 Å². The third-order valence-electron chi connectivity index (χ3n) is 2.46. The molecule has 0 saturated carbocycles. The molecule has 0 aliphatic carbocycles. The highest BCUT2D eigenvalue weighted by molar-refractivity contribution is 5.39. The zero-order valence-electron chi connectivity index (χ0n) is 8.48. The first kappa shape index (κ1) is 11.0. The molecule has 0 bridgehead atoms.